The number of benzene rings is 1. The van der Waals surface area contributed by atoms with Crippen LogP contribution in [0.1, 0.15) is 17.8 Å². The van der Waals surface area contributed by atoms with Crippen molar-refractivity contribution in [3.05, 3.63) is 35.2 Å². The van der Waals surface area contributed by atoms with Gasteiger partial charge in [-0.2, -0.15) is 5.06 Å². The van der Waals surface area contributed by atoms with Crippen LogP contribution in [-0.4, -0.2) is 21.5 Å². The molecule has 1 atom stereocenters. The van der Waals surface area contributed by atoms with Crippen LogP contribution < -0.4 is 0 Å². The highest BCUT2D eigenvalue weighted by Crippen LogP contribution is 2.31. The highest BCUT2D eigenvalue weighted by Gasteiger charge is 2.20. The van der Waals surface area contributed by atoms with Crippen LogP contribution in [0.3, 0.4) is 0 Å². The maximum Gasteiger partial charge on any atom is 0.431 e. The molecule has 1 amide bonds. The first-order valence-corrected chi connectivity index (χ1v) is 5.61. The van der Waals surface area contributed by atoms with Crippen molar-refractivity contribution in [2.75, 3.05) is 0 Å². The first-order chi connectivity index (χ1) is 7.59. The number of amides is 1. The van der Waals surface area contributed by atoms with Gasteiger partial charge in [0.15, 0.2) is 0 Å². The van der Waals surface area contributed by atoms with Crippen molar-refractivity contribution in [2.24, 2.45) is 0 Å². The minimum absolute atomic E-state index is 0.324. The van der Waals surface area contributed by atoms with E-state index >= 15 is 0 Å². The molecule has 4 nitrogen and oxygen atoms in total. The molecule has 2 N–H and O–H groups in total. The summed E-state index contributed by atoms with van der Waals surface area (Å²) >= 11 is 1.49. The standard InChI is InChI=1S/C11H11NO3S/c1-7(12(15)11(13)14)10-6-8-4-2-3-5-9(8)16-10/h2-7,15H,1H3,(H,13,14). The van der Waals surface area contributed by atoms with E-state index in [4.69, 9.17) is 5.11 Å². The lowest BCUT2D eigenvalue weighted by Crippen LogP contribution is -2.27. The Morgan fingerprint density at radius 3 is 2.75 bits per heavy atom. The maximum absolute atomic E-state index is 10.6. The molecule has 0 aliphatic heterocycles. The molecule has 5 heteroatoms. The molecule has 1 aromatic carbocycles. The zero-order valence-corrected chi connectivity index (χ0v) is 9.44. The molecule has 0 bridgehead atoms. The van der Waals surface area contributed by atoms with Crippen LogP contribution in [-0.2, 0) is 0 Å². The fraction of sp³-hybridized carbons (Fsp3) is 0.182. The molecule has 0 aliphatic carbocycles. The number of hydrogen-bond donors (Lipinski definition) is 2. The van der Waals surface area contributed by atoms with E-state index in [1.54, 1.807) is 6.92 Å². The number of rotatable bonds is 2. The molecule has 2 rings (SSSR count). The van der Waals surface area contributed by atoms with Crippen molar-refractivity contribution in [1.82, 2.24) is 5.06 Å². The highest BCUT2D eigenvalue weighted by molar-refractivity contribution is 7.19. The third kappa shape index (κ3) is 1.87. The molecule has 2 aromatic rings. The number of thiophene rings is 1. The molecule has 0 saturated heterocycles. The Morgan fingerprint density at radius 1 is 1.44 bits per heavy atom. The largest absolute Gasteiger partial charge is 0.463 e. The number of hydrogen-bond acceptors (Lipinski definition) is 3. The molecule has 0 radical (unpaired) electrons. The van der Waals surface area contributed by atoms with E-state index in [-0.39, 0.29) is 0 Å². The van der Waals surface area contributed by atoms with E-state index in [9.17, 15) is 10.0 Å². The van der Waals surface area contributed by atoms with Crippen LogP contribution in [0.4, 0.5) is 4.79 Å². The van der Waals surface area contributed by atoms with Gasteiger partial charge in [0.25, 0.3) is 0 Å². The van der Waals surface area contributed by atoms with Gasteiger partial charge in [0.2, 0.25) is 0 Å². The summed E-state index contributed by atoms with van der Waals surface area (Å²) in [4.78, 5) is 11.4. The van der Waals surface area contributed by atoms with Gasteiger partial charge in [0.05, 0.1) is 6.04 Å². The number of nitrogens with zero attached hydrogens (tertiary/aromatic N) is 1. The Morgan fingerprint density at radius 2 is 2.12 bits per heavy atom. The SMILES string of the molecule is CC(c1cc2ccccc2s1)N(O)C(=O)O. The van der Waals surface area contributed by atoms with Crippen LogP contribution >= 0.6 is 11.3 Å². The second-order valence-electron chi connectivity index (χ2n) is 3.49. The van der Waals surface area contributed by atoms with Gasteiger partial charge < -0.3 is 5.11 Å². The van der Waals surface area contributed by atoms with Crippen molar-refractivity contribution < 1.29 is 15.1 Å². The van der Waals surface area contributed by atoms with Crippen LogP contribution in [0.15, 0.2) is 30.3 Å². The van der Waals surface area contributed by atoms with Crippen LogP contribution in [0.25, 0.3) is 10.1 Å². The van der Waals surface area contributed by atoms with Crippen LogP contribution in [0.5, 0.6) is 0 Å². The Bertz CT molecular complexity index is 490. The fourth-order valence-electron chi connectivity index (χ4n) is 1.49. The van der Waals surface area contributed by atoms with E-state index in [0.717, 1.165) is 15.0 Å². The predicted molar refractivity (Wildman–Crippen MR) is 61.9 cm³/mol. The summed E-state index contributed by atoms with van der Waals surface area (Å²) < 4.78 is 1.09. The van der Waals surface area contributed by atoms with Crippen molar-refractivity contribution >= 4 is 27.5 Å². The smallest absolute Gasteiger partial charge is 0.431 e. The Labute approximate surface area is 96.3 Å². The lowest BCUT2D eigenvalue weighted by molar-refractivity contribution is -0.0919. The molecule has 1 aromatic heterocycles. The summed E-state index contributed by atoms with van der Waals surface area (Å²) in [5.74, 6) is 0. The fourth-order valence-corrected chi connectivity index (χ4v) is 2.60. The van der Waals surface area contributed by atoms with E-state index in [1.165, 1.54) is 11.3 Å². The quantitative estimate of drug-likeness (QED) is 0.622. The van der Waals surface area contributed by atoms with Crippen molar-refractivity contribution in [1.29, 1.82) is 0 Å². The number of carbonyl (C=O) groups is 1. The van der Waals surface area contributed by atoms with Gasteiger partial charge in [-0.3, -0.25) is 5.21 Å². The first-order valence-electron chi connectivity index (χ1n) is 4.79. The normalized spacial score (nSPS) is 12.6. The molecule has 16 heavy (non-hydrogen) atoms. The molecule has 84 valence electrons. The molecule has 1 heterocycles. The molecule has 0 aliphatic rings. The Balaban J connectivity index is 2.36. The maximum atomic E-state index is 10.6. The van der Waals surface area contributed by atoms with Crippen molar-refractivity contribution in [3.63, 3.8) is 0 Å². The van der Waals surface area contributed by atoms with E-state index in [0.29, 0.717) is 5.06 Å². The summed E-state index contributed by atoms with van der Waals surface area (Å²) in [7, 11) is 0. The summed E-state index contributed by atoms with van der Waals surface area (Å²) in [6.45, 7) is 1.65. The van der Waals surface area contributed by atoms with Gasteiger partial charge in [0, 0.05) is 9.58 Å². The molecular weight excluding hydrogens is 226 g/mol. The molecular formula is C11H11NO3S. The number of hydroxylamine groups is 2. The minimum Gasteiger partial charge on any atom is -0.463 e. The molecule has 0 saturated carbocycles. The molecule has 0 fully saturated rings. The van der Waals surface area contributed by atoms with E-state index in [1.807, 2.05) is 30.3 Å². The van der Waals surface area contributed by atoms with Gasteiger partial charge >= 0.3 is 6.09 Å². The summed E-state index contributed by atoms with van der Waals surface area (Å²) in [5.41, 5.74) is 0. The van der Waals surface area contributed by atoms with Gasteiger partial charge in [-0.25, -0.2) is 4.79 Å². The third-order valence-corrected chi connectivity index (χ3v) is 3.71. The lowest BCUT2D eigenvalue weighted by atomic mass is 10.2. The van der Waals surface area contributed by atoms with E-state index < -0.39 is 12.1 Å². The average molecular weight is 237 g/mol. The zero-order valence-electron chi connectivity index (χ0n) is 8.62. The van der Waals surface area contributed by atoms with E-state index in [2.05, 4.69) is 0 Å². The Hall–Kier alpha value is -1.59. The van der Waals surface area contributed by atoms with Crippen molar-refractivity contribution in [3.8, 4) is 0 Å². The second kappa shape index (κ2) is 4.11. The predicted octanol–water partition coefficient (Wildman–Crippen LogP) is 3.33. The summed E-state index contributed by atoms with van der Waals surface area (Å²) in [5, 5.41) is 19.4. The van der Waals surface area contributed by atoms with Gasteiger partial charge in [-0.15, -0.1) is 11.3 Å². The minimum atomic E-state index is -1.34. The van der Waals surface area contributed by atoms with Crippen molar-refractivity contribution in [2.45, 2.75) is 13.0 Å². The molecule has 0 spiro atoms. The molecule has 1 unspecified atom stereocenters. The third-order valence-electron chi connectivity index (χ3n) is 2.42. The summed E-state index contributed by atoms with van der Waals surface area (Å²) in [6, 6.07) is 9.15. The van der Waals surface area contributed by atoms with Crippen LogP contribution in [0, 0.1) is 0 Å². The number of fused-ring (bicyclic) bond motifs is 1. The lowest BCUT2D eigenvalue weighted by Gasteiger charge is -2.17. The van der Waals surface area contributed by atoms with Gasteiger partial charge in [-0.1, -0.05) is 18.2 Å². The van der Waals surface area contributed by atoms with Gasteiger partial charge in [0.1, 0.15) is 0 Å². The zero-order chi connectivity index (χ0) is 11.7. The topological polar surface area (TPSA) is 60.8 Å². The monoisotopic (exact) mass is 237 g/mol. The Kier molecular flexibility index (Phi) is 2.80. The van der Waals surface area contributed by atoms with Crippen LogP contribution in [0.2, 0.25) is 0 Å². The summed E-state index contributed by atoms with van der Waals surface area (Å²) in [6.07, 6.45) is -1.34. The second-order valence-corrected chi connectivity index (χ2v) is 4.61. The average Bonchev–Trinajstić information content (AvgIpc) is 2.70. The first kappa shape index (κ1) is 10.9. The highest BCUT2D eigenvalue weighted by atomic mass is 32.1. The number of carboxylic acid groups (broad SMARTS) is 1. The van der Waals surface area contributed by atoms with Gasteiger partial charge in [-0.05, 0) is 24.4 Å².